The van der Waals surface area contributed by atoms with Gasteiger partial charge in [0.2, 0.25) is 0 Å². The second kappa shape index (κ2) is 12.3. The zero-order chi connectivity index (χ0) is 23.8. The third-order valence-electron chi connectivity index (χ3n) is 4.79. The smallest absolute Gasteiger partial charge is 0.277 e. The number of amides is 1. The van der Waals surface area contributed by atoms with E-state index >= 15 is 0 Å². The van der Waals surface area contributed by atoms with Crippen LogP contribution in [0, 0.1) is 5.82 Å². The maximum atomic E-state index is 13.3. The molecule has 1 saturated heterocycles. The molecule has 1 N–H and O–H groups in total. The first-order chi connectivity index (χ1) is 16.6. The Labute approximate surface area is 214 Å². The van der Waals surface area contributed by atoms with Crippen molar-refractivity contribution in [1.82, 2.24) is 5.43 Å². The standard InChI is InChI=1S/C25H22BrFN2O3S2/c26-22-13-17(4-9-23(22)32-15-18-2-1-3-20(27)12-18)14-28-29-24(30)16-31-21-7-5-19(6-8-21)25-33-10-11-34-25/h1-9,12-14,25H,10-11,15-16H2,(H,29,30)/b28-14-. The molecule has 1 heterocycles. The van der Waals surface area contributed by atoms with Crippen molar-refractivity contribution in [3.05, 3.63) is 93.7 Å². The molecule has 0 unspecified atom stereocenters. The number of ether oxygens (including phenoxy) is 2. The lowest BCUT2D eigenvalue weighted by atomic mass is 10.2. The molecule has 0 radical (unpaired) electrons. The van der Waals surface area contributed by atoms with Crippen molar-refractivity contribution in [2.45, 2.75) is 11.2 Å². The van der Waals surface area contributed by atoms with Gasteiger partial charge in [-0.2, -0.15) is 5.10 Å². The highest BCUT2D eigenvalue weighted by Crippen LogP contribution is 2.45. The van der Waals surface area contributed by atoms with E-state index in [9.17, 15) is 9.18 Å². The molecular weight excluding hydrogens is 539 g/mol. The second-order valence-electron chi connectivity index (χ2n) is 7.33. The monoisotopic (exact) mass is 560 g/mol. The summed E-state index contributed by atoms with van der Waals surface area (Å²) in [6, 6.07) is 19.5. The van der Waals surface area contributed by atoms with Gasteiger partial charge in [-0.25, -0.2) is 9.82 Å². The summed E-state index contributed by atoms with van der Waals surface area (Å²) in [6.07, 6.45) is 1.53. The van der Waals surface area contributed by atoms with Crippen molar-refractivity contribution in [2.75, 3.05) is 18.1 Å². The Kier molecular flexibility index (Phi) is 8.90. The fraction of sp³-hybridized carbons (Fsp3) is 0.200. The molecular formula is C25H22BrFN2O3S2. The van der Waals surface area contributed by atoms with Gasteiger partial charge in [-0.15, -0.1) is 23.5 Å². The van der Waals surface area contributed by atoms with E-state index in [1.54, 1.807) is 24.3 Å². The topological polar surface area (TPSA) is 59.9 Å². The Bertz CT molecular complexity index is 1160. The number of benzene rings is 3. The molecule has 0 spiro atoms. The normalized spacial score (nSPS) is 13.8. The fourth-order valence-electron chi connectivity index (χ4n) is 3.13. The molecule has 1 aliphatic rings. The molecule has 176 valence electrons. The minimum Gasteiger partial charge on any atom is -0.488 e. The summed E-state index contributed by atoms with van der Waals surface area (Å²) in [5.41, 5.74) is 5.24. The molecule has 34 heavy (non-hydrogen) atoms. The minimum absolute atomic E-state index is 0.125. The fourth-order valence-corrected chi connectivity index (χ4v) is 6.50. The summed E-state index contributed by atoms with van der Waals surface area (Å²) in [6.45, 7) is 0.126. The Morgan fingerprint density at radius 2 is 1.88 bits per heavy atom. The molecule has 0 aliphatic carbocycles. The number of rotatable bonds is 9. The highest BCUT2D eigenvalue weighted by atomic mass is 79.9. The van der Waals surface area contributed by atoms with Crippen LogP contribution in [0.1, 0.15) is 21.3 Å². The minimum atomic E-state index is -0.351. The molecule has 3 aromatic rings. The van der Waals surface area contributed by atoms with E-state index < -0.39 is 0 Å². The molecule has 5 nitrogen and oxygen atoms in total. The lowest BCUT2D eigenvalue weighted by Gasteiger charge is -2.10. The highest BCUT2D eigenvalue weighted by molar-refractivity contribution is 9.10. The molecule has 9 heteroatoms. The number of hydrazone groups is 1. The van der Waals surface area contributed by atoms with Gasteiger partial charge in [0.05, 0.1) is 15.3 Å². The summed E-state index contributed by atoms with van der Waals surface area (Å²) in [7, 11) is 0. The van der Waals surface area contributed by atoms with Crippen molar-refractivity contribution >= 4 is 51.6 Å². The van der Waals surface area contributed by atoms with Crippen molar-refractivity contribution in [3.63, 3.8) is 0 Å². The predicted octanol–water partition coefficient (Wildman–Crippen LogP) is 6.17. The molecule has 1 aliphatic heterocycles. The van der Waals surface area contributed by atoms with Gasteiger partial charge in [0.25, 0.3) is 5.91 Å². The summed E-state index contributed by atoms with van der Waals surface area (Å²) >= 11 is 7.36. The van der Waals surface area contributed by atoms with Crippen LogP contribution in [0.25, 0.3) is 0 Å². The van der Waals surface area contributed by atoms with Crippen molar-refractivity contribution in [1.29, 1.82) is 0 Å². The SMILES string of the molecule is O=C(COc1ccc(C2SCCS2)cc1)N/N=C\c1ccc(OCc2cccc(F)c2)c(Br)c1. The van der Waals surface area contributed by atoms with Gasteiger partial charge in [0, 0.05) is 11.5 Å². The van der Waals surface area contributed by atoms with Crippen LogP contribution in [0.3, 0.4) is 0 Å². The Hall–Kier alpha value is -2.49. The summed E-state index contributed by atoms with van der Waals surface area (Å²) in [5.74, 6) is 2.98. The Morgan fingerprint density at radius 1 is 1.09 bits per heavy atom. The first kappa shape index (κ1) is 24.6. The number of nitrogens with one attached hydrogen (secondary N) is 1. The van der Waals surface area contributed by atoms with Crippen molar-refractivity contribution in [2.24, 2.45) is 5.10 Å². The Morgan fingerprint density at radius 3 is 2.62 bits per heavy atom. The number of nitrogens with zero attached hydrogens (tertiary/aromatic N) is 1. The van der Waals surface area contributed by atoms with E-state index in [2.05, 4.69) is 26.5 Å². The van der Waals surface area contributed by atoms with E-state index in [1.807, 2.05) is 53.9 Å². The van der Waals surface area contributed by atoms with Crippen LogP contribution < -0.4 is 14.9 Å². The van der Waals surface area contributed by atoms with Crippen LogP contribution >= 0.6 is 39.5 Å². The lowest BCUT2D eigenvalue weighted by Crippen LogP contribution is -2.24. The van der Waals surface area contributed by atoms with E-state index in [4.69, 9.17) is 9.47 Å². The molecule has 0 saturated carbocycles. The van der Waals surface area contributed by atoms with Crippen LogP contribution in [-0.4, -0.2) is 30.2 Å². The van der Waals surface area contributed by atoms with E-state index in [-0.39, 0.29) is 24.9 Å². The van der Waals surface area contributed by atoms with Crippen LogP contribution in [0.4, 0.5) is 4.39 Å². The quantitative estimate of drug-likeness (QED) is 0.250. The van der Waals surface area contributed by atoms with Crippen molar-refractivity contribution < 1.29 is 18.7 Å². The highest BCUT2D eigenvalue weighted by Gasteiger charge is 2.18. The maximum Gasteiger partial charge on any atom is 0.277 e. The van der Waals surface area contributed by atoms with Gasteiger partial charge in [-0.1, -0.05) is 24.3 Å². The van der Waals surface area contributed by atoms with Gasteiger partial charge in [0.15, 0.2) is 6.61 Å². The molecule has 1 amide bonds. The number of hydrogen-bond donors (Lipinski definition) is 1. The molecule has 1 fully saturated rings. The van der Waals surface area contributed by atoms with Crippen LogP contribution in [0.15, 0.2) is 76.3 Å². The molecule has 0 bridgehead atoms. The number of carbonyl (C=O) groups excluding carboxylic acids is 1. The number of hydrogen-bond acceptors (Lipinski definition) is 6. The first-order valence-corrected chi connectivity index (χ1v) is 13.4. The van der Waals surface area contributed by atoms with Gasteiger partial charge >= 0.3 is 0 Å². The third kappa shape index (κ3) is 7.25. The average Bonchev–Trinajstić information content (AvgIpc) is 3.38. The molecule has 0 atom stereocenters. The molecule has 0 aromatic heterocycles. The van der Waals surface area contributed by atoms with Gasteiger partial charge in [0.1, 0.15) is 23.9 Å². The van der Waals surface area contributed by atoms with Gasteiger partial charge < -0.3 is 9.47 Å². The van der Waals surface area contributed by atoms with Gasteiger partial charge in [-0.3, -0.25) is 4.79 Å². The lowest BCUT2D eigenvalue weighted by molar-refractivity contribution is -0.123. The average molecular weight is 561 g/mol. The van der Waals surface area contributed by atoms with Crippen LogP contribution in [0.2, 0.25) is 0 Å². The predicted molar refractivity (Wildman–Crippen MR) is 140 cm³/mol. The molecule has 3 aromatic carbocycles. The number of halogens is 2. The van der Waals surface area contributed by atoms with E-state index in [0.717, 1.165) is 15.6 Å². The summed E-state index contributed by atoms with van der Waals surface area (Å²) < 4.78 is 25.8. The van der Waals surface area contributed by atoms with E-state index in [0.29, 0.717) is 16.1 Å². The first-order valence-electron chi connectivity index (χ1n) is 10.5. The zero-order valence-corrected chi connectivity index (χ0v) is 21.3. The summed E-state index contributed by atoms with van der Waals surface area (Å²) in [4.78, 5) is 12.0. The van der Waals surface area contributed by atoms with Crippen LogP contribution in [0.5, 0.6) is 11.5 Å². The van der Waals surface area contributed by atoms with Crippen molar-refractivity contribution in [3.8, 4) is 11.5 Å². The van der Waals surface area contributed by atoms with Gasteiger partial charge in [-0.05, 0) is 75.1 Å². The zero-order valence-electron chi connectivity index (χ0n) is 18.1. The second-order valence-corrected chi connectivity index (χ2v) is 10.9. The maximum absolute atomic E-state index is 13.3. The number of carbonyl (C=O) groups is 1. The van der Waals surface area contributed by atoms with Crippen LogP contribution in [-0.2, 0) is 11.4 Å². The summed E-state index contributed by atoms with van der Waals surface area (Å²) in [5, 5.41) is 3.98. The third-order valence-corrected chi connectivity index (χ3v) is 8.51. The Balaban J connectivity index is 1.21. The largest absolute Gasteiger partial charge is 0.488 e. The molecule has 4 rings (SSSR count). The van der Waals surface area contributed by atoms with E-state index in [1.165, 1.54) is 35.4 Å². The number of thioether (sulfide) groups is 2.